The van der Waals surface area contributed by atoms with Gasteiger partial charge in [0.15, 0.2) is 0 Å². The Balaban J connectivity index is 1.36. The van der Waals surface area contributed by atoms with Crippen molar-refractivity contribution in [1.29, 1.82) is 0 Å². The van der Waals surface area contributed by atoms with Crippen molar-refractivity contribution >= 4 is 29.2 Å². The number of hydrogen-bond acceptors (Lipinski definition) is 8. The smallest absolute Gasteiger partial charge is 0.251 e. The summed E-state index contributed by atoms with van der Waals surface area (Å²) in [4.78, 5) is 24.7. The Hall–Kier alpha value is -4.50. The number of carbonyl (C=O) groups excluding carboxylic acids is 1. The van der Waals surface area contributed by atoms with Gasteiger partial charge in [0.05, 0.1) is 19.1 Å². The quantitative estimate of drug-likeness (QED) is 0.0879. The predicted octanol–water partition coefficient (Wildman–Crippen LogP) is 7.33. The van der Waals surface area contributed by atoms with Gasteiger partial charge in [-0.05, 0) is 97.1 Å². The normalized spacial score (nSPS) is 10.9. The van der Waals surface area contributed by atoms with Crippen LogP contribution in [0.1, 0.15) is 29.8 Å². The summed E-state index contributed by atoms with van der Waals surface area (Å²) in [5.41, 5.74) is 4.45. The zero-order valence-corrected chi connectivity index (χ0v) is 24.4. The number of rotatable bonds is 13. The van der Waals surface area contributed by atoms with Crippen molar-refractivity contribution in [1.82, 2.24) is 5.32 Å². The minimum absolute atomic E-state index is 0.149. The molecule has 0 spiro atoms. The molecule has 0 atom stereocenters. The third-order valence-electron chi connectivity index (χ3n) is 6.51. The lowest BCUT2D eigenvalue weighted by Crippen LogP contribution is -2.28. The molecule has 0 aliphatic heterocycles. The lowest BCUT2D eigenvalue weighted by molar-refractivity contribution is 0.0955. The molecule has 0 fully saturated rings. The molecule has 0 saturated carbocycles. The number of benzene rings is 4. The van der Waals surface area contributed by atoms with E-state index in [9.17, 15) is 9.70 Å². The molecule has 0 radical (unpaired) electrons. The van der Waals surface area contributed by atoms with E-state index in [0.717, 1.165) is 38.7 Å². The van der Waals surface area contributed by atoms with Gasteiger partial charge < -0.3 is 24.8 Å². The van der Waals surface area contributed by atoms with E-state index in [0.29, 0.717) is 24.4 Å². The SMILES string of the molecule is COc1cccc(C(=O)NCCNc2cccc(NSc3cc(-c4cccc(C(C)(C)N=O)c4)ccc3OC)c2)c1. The summed E-state index contributed by atoms with van der Waals surface area (Å²) in [6.45, 7) is 4.64. The van der Waals surface area contributed by atoms with Crippen LogP contribution in [-0.4, -0.2) is 33.2 Å². The van der Waals surface area contributed by atoms with Crippen molar-refractivity contribution in [3.05, 3.63) is 107 Å². The highest BCUT2D eigenvalue weighted by atomic mass is 32.2. The number of ether oxygens (including phenoxy) is 2. The zero-order valence-electron chi connectivity index (χ0n) is 23.6. The summed E-state index contributed by atoms with van der Waals surface area (Å²) in [5, 5.41) is 9.54. The largest absolute Gasteiger partial charge is 0.497 e. The molecule has 0 aliphatic carbocycles. The topological polar surface area (TPSA) is 101 Å². The highest BCUT2D eigenvalue weighted by Crippen LogP contribution is 2.36. The number of nitroso groups, excluding NO2 is 1. The van der Waals surface area contributed by atoms with Gasteiger partial charge >= 0.3 is 0 Å². The molecular weight excluding hydrogens is 536 g/mol. The van der Waals surface area contributed by atoms with Gasteiger partial charge in [-0.1, -0.05) is 41.6 Å². The van der Waals surface area contributed by atoms with E-state index in [2.05, 4.69) is 26.6 Å². The van der Waals surface area contributed by atoms with E-state index in [1.54, 1.807) is 52.3 Å². The fourth-order valence-corrected chi connectivity index (χ4v) is 4.92. The highest BCUT2D eigenvalue weighted by molar-refractivity contribution is 8.00. The van der Waals surface area contributed by atoms with Crippen LogP contribution < -0.4 is 24.8 Å². The molecule has 0 saturated heterocycles. The van der Waals surface area contributed by atoms with Crippen molar-refractivity contribution in [2.24, 2.45) is 5.18 Å². The molecule has 1 amide bonds. The van der Waals surface area contributed by atoms with Crippen LogP contribution in [0.5, 0.6) is 11.5 Å². The van der Waals surface area contributed by atoms with Gasteiger partial charge in [0.1, 0.15) is 17.0 Å². The molecule has 41 heavy (non-hydrogen) atoms. The fraction of sp³-hybridized carbons (Fsp3) is 0.219. The first-order valence-corrected chi connectivity index (χ1v) is 14.0. The third kappa shape index (κ3) is 7.79. The van der Waals surface area contributed by atoms with Crippen LogP contribution >= 0.6 is 11.9 Å². The summed E-state index contributed by atoms with van der Waals surface area (Å²) < 4.78 is 14.2. The van der Waals surface area contributed by atoms with Crippen LogP contribution in [0.2, 0.25) is 0 Å². The van der Waals surface area contributed by atoms with Crippen LogP contribution in [0.15, 0.2) is 101 Å². The Labute approximate surface area is 245 Å². The van der Waals surface area contributed by atoms with Gasteiger partial charge in [0.25, 0.3) is 5.91 Å². The molecule has 4 rings (SSSR count). The maximum absolute atomic E-state index is 12.4. The molecule has 8 nitrogen and oxygen atoms in total. The Bertz CT molecular complexity index is 1510. The summed E-state index contributed by atoms with van der Waals surface area (Å²) in [6, 6.07) is 28.9. The Kier molecular flexibility index (Phi) is 9.86. The Morgan fingerprint density at radius 3 is 2.37 bits per heavy atom. The average molecular weight is 571 g/mol. The lowest BCUT2D eigenvalue weighted by atomic mass is 9.92. The second-order valence-corrected chi connectivity index (χ2v) is 10.6. The van der Waals surface area contributed by atoms with Gasteiger partial charge in [0, 0.05) is 30.0 Å². The number of anilines is 2. The van der Waals surface area contributed by atoms with E-state index in [1.165, 1.54) is 11.9 Å². The minimum Gasteiger partial charge on any atom is -0.497 e. The maximum atomic E-state index is 12.4. The van der Waals surface area contributed by atoms with Crippen LogP contribution in [0, 0.1) is 4.91 Å². The first-order valence-electron chi connectivity index (χ1n) is 13.2. The van der Waals surface area contributed by atoms with Crippen molar-refractivity contribution in [2.75, 3.05) is 37.3 Å². The second-order valence-electron chi connectivity index (χ2n) is 9.80. The molecule has 0 bridgehead atoms. The molecule has 0 unspecified atom stereocenters. The number of nitrogens with zero attached hydrogens (tertiary/aromatic N) is 1. The predicted molar refractivity (Wildman–Crippen MR) is 167 cm³/mol. The first-order chi connectivity index (χ1) is 19.8. The van der Waals surface area contributed by atoms with Crippen LogP contribution in [-0.2, 0) is 5.54 Å². The summed E-state index contributed by atoms with van der Waals surface area (Å²) in [6.07, 6.45) is 0. The number of carbonyl (C=O) groups is 1. The number of amides is 1. The first kappa shape index (κ1) is 29.5. The van der Waals surface area contributed by atoms with Gasteiger partial charge in [-0.25, -0.2) is 0 Å². The molecule has 3 N–H and O–H groups in total. The van der Waals surface area contributed by atoms with Crippen LogP contribution in [0.4, 0.5) is 11.4 Å². The maximum Gasteiger partial charge on any atom is 0.251 e. The zero-order chi connectivity index (χ0) is 29.2. The molecular formula is C32H34N4O4S. The van der Waals surface area contributed by atoms with E-state index < -0.39 is 5.54 Å². The van der Waals surface area contributed by atoms with Crippen molar-refractivity contribution in [3.63, 3.8) is 0 Å². The number of hydrogen-bond donors (Lipinski definition) is 3. The van der Waals surface area contributed by atoms with Crippen molar-refractivity contribution in [3.8, 4) is 22.6 Å². The minimum atomic E-state index is -0.803. The average Bonchev–Trinajstić information content (AvgIpc) is 3.02. The number of methoxy groups -OCH3 is 2. The summed E-state index contributed by atoms with van der Waals surface area (Å²) in [7, 11) is 3.22. The summed E-state index contributed by atoms with van der Waals surface area (Å²) >= 11 is 1.45. The van der Waals surface area contributed by atoms with Gasteiger partial charge in [-0.15, -0.1) is 4.91 Å². The van der Waals surface area contributed by atoms with Crippen LogP contribution in [0.25, 0.3) is 11.1 Å². The molecule has 4 aromatic carbocycles. The molecule has 212 valence electrons. The van der Waals surface area contributed by atoms with Crippen molar-refractivity contribution < 1.29 is 14.3 Å². The Morgan fingerprint density at radius 2 is 1.59 bits per heavy atom. The van der Waals surface area contributed by atoms with Gasteiger partial charge in [-0.3, -0.25) is 4.79 Å². The number of nitrogens with one attached hydrogen (secondary N) is 3. The Morgan fingerprint density at radius 1 is 0.829 bits per heavy atom. The van der Waals surface area contributed by atoms with E-state index in [4.69, 9.17) is 9.47 Å². The standard InChI is InChI=1S/C32H34N4O4S/c1-32(2,36-38)25-10-5-8-22(18-25)23-14-15-29(40-4)30(20-23)41-35-27-12-7-11-26(21-27)33-16-17-34-31(37)24-9-6-13-28(19-24)39-3/h5-15,18-21,33,35H,16-17H2,1-4H3,(H,34,37). The molecule has 9 heteroatoms. The molecule has 0 heterocycles. The monoisotopic (exact) mass is 570 g/mol. The molecule has 4 aromatic rings. The van der Waals surface area contributed by atoms with E-state index in [-0.39, 0.29) is 5.91 Å². The lowest BCUT2D eigenvalue weighted by Gasteiger charge is -2.17. The van der Waals surface area contributed by atoms with Gasteiger partial charge in [-0.2, -0.15) is 0 Å². The fourth-order valence-electron chi connectivity index (χ4n) is 4.12. The second kappa shape index (κ2) is 13.7. The van der Waals surface area contributed by atoms with E-state index in [1.807, 2.05) is 60.7 Å². The summed E-state index contributed by atoms with van der Waals surface area (Å²) in [5.74, 6) is 1.25. The van der Waals surface area contributed by atoms with Crippen molar-refractivity contribution in [2.45, 2.75) is 24.3 Å². The molecule has 0 aromatic heterocycles. The molecule has 0 aliphatic rings. The highest BCUT2D eigenvalue weighted by Gasteiger charge is 2.21. The van der Waals surface area contributed by atoms with Crippen LogP contribution in [0.3, 0.4) is 0 Å². The van der Waals surface area contributed by atoms with Gasteiger partial charge in [0.2, 0.25) is 0 Å². The third-order valence-corrected chi connectivity index (χ3v) is 7.38. The van der Waals surface area contributed by atoms with E-state index >= 15 is 0 Å².